The van der Waals surface area contributed by atoms with Gasteiger partial charge in [0.2, 0.25) is 0 Å². The summed E-state index contributed by atoms with van der Waals surface area (Å²) in [7, 11) is -5.13. The van der Waals surface area contributed by atoms with Crippen molar-refractivity contribution >= 4 is 19.8 Å². The van der Waals surface area contributed by atoms with Crippen LogP contribution in [-0.2, 0) is 32.7 Å². The van der Waals surface area contributed by atoms with Crippen LogP contribution in [0.1, 0.15) is 489 Å². The normalized spacial score (nSPS) is 18.0. The Morgan fingerprint density at radius 3 is 0.653 bits per heavy atom. The van der Waals surface area contributed by atoms with E-state index in [-0.39, 0.29) is 12.8 Å². The molecule has 0 spiro atoms. The van der Waals surface area contributed by atoms with Crippen LogP contribution in [-0.4, -0.2) is 98.3 Å². The smallest absolute Gasteiger partial charge is 0.462 e. The first-order valence-corrected chi connectivity index (χ1v) is 46.3. The van der Waals surface area contributed by atoms with Crippen LogP contribution in [0.2, 0.25) is 0 Å². The van der Waals surface area contributed by atoms with Crippen LogP contribution in [0.25, 0.3) is 0 Å². The molecule has 6 unspecified atom stereocenters. The molecule has 8 atom stereocenters. The van der Waals surface area contributed by atoms with E-state index in [1.54, 1.807) is 0 Å². The van der Waals surface area contributed by atoms with Crippen molar-refractivity contribution < 1.29 is 63.1 Å². The van der Waals surface area contributed by atoms with Gasteiger partial charge >= 0.3 is 19.8 Å². The zero-order chi connectivity index (χ0) is 73.3. The number of esters is 2. The van der Waals surface area contributed by atoms with Gasteiger partial charge < -0.3 is 39.9 Å². The van der Waals surface area contributed by atoms with Crippen molar-refractivity contribution in [3.05, 3.63) is 0 Å². The van der Waals surface area contributed by atoms with Gasteiger partial charge in [-0.05, 0) is 12.8 Å². The zero-order valence-corrected chi connectivity index (χ0v) is 67.7. The first kappa shape index (κ1) is 97.9. The van der Waals surface area contributed by atoms with Gasteiger partial charge in [0.25, 0.3) is 0 Å². The van der Waals surface area contributed by atoms with E-state index >= 15 is 0 Å². The number of carbonyl (C=O) groups excluding carboxylic acids is 2. The number of carbonyl (C=O) groups is 2. The highest BCUT2D eigenvalue weighted by Crippen LogP contribution is 2.47. The van der Waals surface area contributed by atoms with Gasteiger partial charge in [0, 0.05) is 12.8 Å². The molecule has 1 aliphatic carbocycles. The molecule has 0 aromatic rings. The predicted molar refractivity (Wildman–Crippen MR) is 425 cm³/mol. The largest absolute Gasteiger partial charge is 0.472 e. The maximum atomic E-state index is 13.0. The number of phosphoric acid groups is 1. The predicted octanol–water partition coefficient (Wildman–Crippen LogP) is 25.7. The Kier molecular flexibility index (Phi) is 73.3. The monoisotopic (exact) mass is 1460 g/mol. The highest BCUT2D eigenvalue weighted by Gasteiger charge is 2.51. The van der Waals surface area contributed by atoms with E-state index in [0.717, 1.165) is 38.5 Å². The number of phosphoric ester groups is 1. The minimum atomic E-state index is -5.13. The number of unbranched alkanes of at least 4 members (excludes halogenated alkanes) is 70. The molecule has 0 aromatic heterocycles. The molecule has 101 heavy (non-hydrogen) atoms. The molecule has 0 heterocycles. The van der Waals surface area contributed by atoms with Crippen LogP contribution in [0.3, 0.4) is 0 Å². The van der Waals surface area contributed by atoms with Crippen molar-refractivity contribution in [2.45, 2.75) is 532 Å². The molecule has 602 valence electrons. The molecular formula is C87H171O13P. The van der Waals surface area contributed by atoms with Gasteiger partial charge in [-0.1, -0.05) is 463 Å². The summed E-state index contributed by atoms with van der Waals surface area (Å²) in [6, 6.07) is 0. The summed E-state index contributed by atoms with van der Waals surface area (Å²) in [5.74, 6) is -1.06. The summed E-state index contributed by atoms with van der Waals surface area (Å²) >= 11 is 0. The number of hydrogen-bond acceptors (Lipinski definition) is 12. The lowest BCUT2D eigenvalue weighted by atomic mass is 9.85. The van der Waals surface area contributed by atoms with Gasteiger partial charge in [0.15, 0.2) is 6.10 Å². The van der Waals surface area contributed by atoms with Crippen molar-refractivity contribution in [1.29, 1.82) is 0 Å². The lowest BCUT2D eigenvalue weighted by Gasteiger charge is -2.41. The molecule has 0 aliphatic heterocycles. The summed E-state index contributed by atoms with van der Waals surface area (Å²) in [5.41, 5.74) is 0. The second-order valence-corrected chi connectivity index (χ2v) is 33.2. The fourth-order valence-corrected chi connectivity index (χ4v) is 16.0. The lowest BCUT2D eigenvalue weighted by molar-refractivity contribution is -0.220. The van der Waals surface area contributed by atoms with E-state index in [0.29, 0.717) is 12.8 Å². The average molecular weight is 1460 g/mol. The molecule has 0 aromatic carbocycles. The van der Waals surface area contributed by atoms with Gasteiger partial charge in [-0.25, -0.2) is 4.57 Å². The number of ether oxygens (including phenoxy) is 2. The second-order valence-electron chi connectivity index (χ2n) is 31.8. The molecule has 0 amide bonds. The van der Waals surface area contributed by atoms with Crippen LogP contribution < -0.4 is 0 Å². The van der Waals surface area contributed by atoms with Crippen LogP contribution in [0.5, 0.6) is 0 Å². The first-order valence-electron chi connectivity index (χ1n) is 44.8. The zero-order valence-electron chi connectivity index (χ0n) is 66.8. The standard InChI is InChI=1S/C87H171O13P/c1-3-5-7-9-11-13-15-17-19-21-23-25-27-29-31-33-35-37-39-41-43-45-47-49-51-53-55-57-59-61-63-65-67-69-71-73-75-80(88)97-77-79(78-98-101(95,96)100-87-85(93)83(91)82(90)84(92)86(87)94)99-81(89)76-74-72-70-68-66-64-62-60-58-56-54-52-50-48-46-44-42-40-38-36-34-32-30-28-26-24-22-20-18-16-14-12-10-8-6-4-2/h79,82-87,90-94H,3-78H2,1-2H3,(H,95,96)/t79-,82?,83-,84?,85?,86?,87?/m1/s1. The fourth-order valence-electron chi connectivity index (χ4n) is 15.0. The number of rotatable bonds is 82. The van der Waals surface area contributed by atoms with Gasteiger partial charge in [-0.3, -0.25) is 18.6 Å². The third-order valence-electron chi connectivity index (χ3n) is 21.9. The summed E-state index contributed by atoms with van der Waals surface area (Å²) in [5, 5.41) is 50.8. The van der Waals surface area contributed by atoms with Crippen LogP contribution in [0.15, 0.2) is 0 Å². The molecule has 1 rings (SSSR count). The highest BCUT2D eigenvalue weighted by molar-refractivity contribution is 7.47. The van der Waals surface area contributed by atoms with Crippen molar-refractivity contribution in [3.63, 3.8) is 0 Å². The fraction of sp³-hybridized carbons (Fsp3) is 0.977. The quantitative estimate of drug-likeness (QED) is 0.0190. The Hall–Kier alpha value is -1.15. The van der Waals surface area contributed by atoms with Gasteiger partial charge in [-0.2, -0.15) is 0 Å². The summed E-state index contributed by atoms with van der Waals surface area (Å²) < 4.78 is 34.1. The van der Waals surface area contributed by atoms with Crippen molar-refractivity contribution in [2.75, 3.05) is 13.2 Å². The SMILES string of the molecule is CCCCCCCCCCCCCCCCCCCCCCCCCCCCCCCCCCCCCCC(=O)OC[C@H](COP(=O)(O)OC1C(O)C(O)C(O)[C@@H](O)C1O)OC(=O)CCCCCCCCCCCCCCCCCCCCCCCCCCCCCCCCCCCCCC. The summed E-state index contributed by atoms with van der Waals surface area (Å²) in [4.78, 5) is 36.4. The van der Waals surface area contributed by atoms with Crippen LogP contribution in [0.4, 0.5) is 0 Å². The van der Waals surface area contributed by atoms with Gasteiger partial charge in [0.1, 0.15) is 43.2 Å². The molecule has 6 N–H and O–H groups in total. The lowest BCUT2D eigenvalue weighted by Crippen LogP contribution is -2.64. The molecular weight excluding hydrogens is 1280 g/mol. The van der Waals surface area contributed by atoms with E-state index in [9.17, 15) is 44.6 Å². The molecule has 13 nitrogen and oxygen atoms in total. The molecule has 1 saturated carbocycles. The van der Waals surface area contributed by atoms with Crippen LogP contribution >= 0.6 is 7.82 Å². The molecule has 0 saturated heterocycles. The van der Waals surface area contributed by atoms with Crippen molar-refractivity contribution in [2.24, 2.45) is 0 Å². The number of hydrogen-bond donors (Lipinski definition) is 6. The van der Waals surface area contributed by atoms with E-state index < -0.39 is 75.7 Å². The maximum absolute atomic E-state index is 13.0. The minimum absolute atomic E-state index is 0.107. The topological polar surface area (TPSA) is 210 Å². The Balaban J connectivity index is 2.09. The molecule has 0 bridgehead atoms. The molecule has 1 aliphatic rings. The highest BCUT2D eigenvalue weighted by atomic mass is 31.2. The Labute approximate surface area is 624 Å². The number of aliphatic hydroxyl groups excluding tert-OH is 5. The Morgan fingerprint density at radius 1 is 0.267 bits per heavy atom. The van der Waals surface area contributed by atoms with E-state index in [1.807, 2.05) is 0 Å². The van der Waals surface area contributed by atoms with Crippen molar-refractivity contribution in [3.8, 4) is 0 Å². The van der Waals surface area contributed by atoms with E-state index in [1.165, 1.54) is 411 Å². The van der Waals surface area contributed by atoms with Crippen LogP contribution in [0, 0.1) is 0 Å². The first-order chi connectivity index (χ1) is 49.4. The average Bonchev–Trinajstić information content (AvgIpc) is 0.793. The van der Waals surface area contributed by atoms with Gasteiger partial charge in [-0.15, -0.1) is 0 Å². The minimum Gasteiger partial charge on any atom is -0.462 e. The maximum Gasteiger partial charge on any atom is 0.472 e. The van der Waals surface area contributed by atoms with Crippen molar-refractivity contribution in [1.82, 2.24) is 0 Å². The van der Waals surface area contributed by atoms with Gasteiger partial charge in [0.05, 0.1) is 6.61 Å². The second kappa shape index (κ2) is 75.7. The third-order valence-corrected chi connectivity index (χ3v) is 22.9. The Morgan fingerprint density at radius 2 is 0.446 bits per heavy atom. The van der Waals surface area contributed by atoms with E-state index in [4.69, 9.17) is 18.5 Å². The molecule has 14 heteroatoms. The molecule has 1 fully saturated rings. The molecule has 0 radical (unpaired) electrons. The summed E-state index contributed by atoms with van der Waals surface area (Å²) in [6.45, 7) is 3.44. The summed E-state index contributed by atoms with van der Waals surface area (Å²) in [6.07, 6.45) is 83.9. The Bertz CT molecular complexity index is 1740. The van der Waals surface area contributed by atoms with E-state index in [2.05, 4.69) is 13.8 Å². The number of aliphatic hydroxyl groups is 5. The third kappa shape index (κ3) is 65.6.